The molecule has 0 spiro atoms. The van der Waals surface area contributed by atoms with Gasteiger partial charge in [-0.3, -0.25) is 0 Å². The molecule has 0 radical (unpaired) electrons. The zero-order valence-corrected chi connectivity index (χ0v) is 12.4. The molecule has 0 aliphatic heterocycles. The van der Waals surface area contributed by atoms with Crippen LogP contribution in [-0.4, -0.2) is 30.9 Å². The van der Waals surface area contributed by atoms with Gasteiger partial charge in [0.1, 0.15) is 18.5 Å². The molecule has 0 fully saturated rings. The number of aliphatic hydroxyl groups excluding tert-OH is 1. The zero-order chi connectivity index (χ0) is 14.3. The van der Waals surface area contributed by atoms with E-state index in [1.54, 1.807) is 0 Å². The van der Waals surface area contributed by atoms with E-state index < -0.39 is 6.10 Å². The highest BCUT2D eigenvalue weighted by Gasteiger charge is 2.06. The van der Waals surface area contributed by atoms with Crippen LogP contribution in [0.15, 0.2) is 29.8 Å². The first-order chi connectivity index (χ1) is 8.99. The summed E-state index contributed by atoms with van der Waals surface area (Å²) >= 11 is 0. The van der Waals surface area contributed by atoms with Crippen LogP contribution in [-0.2, 0) is 0 Å². The summed E-state index contributed by atoms with van der Waals surface area (Å²) in [6, 6.07) is 6.05. The van der Waals surface area contributed by atoms with Crippen molar-refractivity contribution in [1.29, 1.82) is 0 Å². The van der Waals surface area contributed by atoms with Crippen LogP contribution in [0.2, 0.25) is 0 Å². The van der Waals surface area contributed by atoms with Crippen molar-refractivity contribution in [3.8, 4) is 5.75 Å². The highest BCUT2D eigenvalue weighted by atomic mass is 16.5. The Labute approximate surface area is 116 Å². The highest BCUT2D eigenvalue weighted by molar-refractivity contribution is 5.35. The van der Waals surface area contributed by atoms with Crippen molar-refractivity contribution in [3.63, 3.8) is 0 Å². The predicted octanol–water partition coefficient (Wildman–Crippen LogP) is 2.60. The Hall–Kier alpha value is -1.32. The molecule has 0 aliphatic carbocycles. The van der Waals surface area contributed by atoms with E-state index in [-0.39, 0.29) is 0 Å². The zero-order valence-electron chi connectivity index (χ0n) is 12.4. The minimum atomic E-state index is -0.494. The van der Waals surface area contributed by atoms with Crippen molar-refractivity contribution in [3.05, 3.63) is 41.0 Å². The van der Waals surface area contributed by atoms with Gasteiger partial charge < -0.3 is 15.2 Å². The number of hydrogen-bond acceptors (Lipinski definition) is 3. The fraction of sp³-hybridized carbons (Fsp3) is 0.500. The van der Waals surface area contributed by atoms with Crippen molar-refractivity contribution >= 4 is 0 Å². The molecule has 0 saturated heterocycles. The van der Waals surface area contributed by atoms with Crippen molar-refractivity contribution < 1.29 is 9.84 Å². The minimum Gasteiger partial charge on any atom is -0.491 e. The summed E-state index contributed by atoms with van der Waals surface area (Å²) in [5.74, 6) is 0.842. The van der Waals surface area contributed by atoms with Gasteiger partial charge in [-0.1, -0.05) is 29.3 Å². The van der Waals surface area contributed by atoms with Crippen LogP contribution in [0.5, 0.6) is 5.75 Å². The van der Waals surface area contributed by atoms with Crippen LogP contribution in [0.3, 0.4) is 0 Å². The maximum atomic E-state index is 9.81. The lowest BCUT2D eigenvalue weighted by Crippen LogP contribution is -2.31. The molecule has 106 valence electrons. The average Bonchev–Trinajstić information content (AvgIpc) is 2.33. The number of nitrogens with one attached hydrogen (secondary N) is 1. The van der Waals surface area contributed by atoms with Gasteiger partial charge in [-0.25, -0.2) is 0 Å². The Kier molecular flexibility index (Phi) is 6.60. The lowest BCUT2D eigenvalue weighted by atomic mass is 10.1. The summed E-state index contributed by atoms with van der Waals surface area (Å²) in [6.45, 7) is 9.81. The van der Waals surface area contributed by atoms with E-state index in [0.717, 1.165) is 17.9 Å². The Balaban J connectivity index is 2.29. The first-order valence-electron chi connectivity index (χ1n) is 6.71. The number of rotatable bonds is 7. The van der Waals surface area contributed by atoms with E-state index >= 15 is 0 Å². The van der Waals surface area contributed by atoms with Gasteiger partial charge in [-0.2, -0.15) is 0 Å². The predicted molar refractivity (Wildman–Crippen MR) is 79.7 cm³/mol. The van der Waals surface area contributed by atoms with Gasteiger partial charge in [-0.05, 0) is 39.3 Å². The molecule has 0 saturated carbocycles. The third kappa shape index (κ3) is 6.41. The van der Waals surface area contributed by atoms with Gasteiger partial charge in [-0.15, -0.1) is 0 Å². The van der Waals surface area contributed by atoms with E-state index in [0.29, 0.717) is 13.2 Å². The molecular weight excluding hydrogens is 238 g/mol. The molecule has 3 nitrogen and oxygen atoms in total. The maximum Gasteiger partial charge on any atom is 0.122 e. The molecule has 0 aromatic heterocycles. The molecule has 2 N–H and O–H groups in total. The van der Waals surface area contributed by atoms with Crippen LogP contribution >= 0.6 is 0 Å². The number of allylic oxidation sites excluding steroid dienone is 1. The lowest BCUT2D eigenvalue weighted by Gasteiger charge is -2.14. The van der Waals surface area contributed by atoms with Crippen molar-refractivity contribution in [2.75, 3.05) is 19.7 Å². The van der Waals surface area contributed by atoms with Crippen molar-refractivity contribution in [2.45, 2.75) is 33.8 Å². The second-order valence-corrected chi connectivity index (χ2v) is 5.17. The SMILES string of the molecule is CC(C)=CCNCC(O)COc1ccc(C)cc1C. The summed E-state index contributed by atoms with van der Waals surface area (Å²) in [5, 5.41) is 13.0. The first-order valence-corrected chi connectivity index (χ1v) is 6.71. The van der Waals surface area contributed by atoms with Crippen LogP contribution in [0, 0.1) is 13.8 Å². The summed E-state index contributed by atoms with van der Waals surface area (Å²) < 4.78 is 5.63. The summed E-state index contributed by atoms with van der Waals surface area (Å²) in [4.78, 5) is 0. The molecular formula is C16H25NO2. The van der Waals surface area contributed by atoms with Gasteiger partial charge in [0.15, 0.2) is 0 Å². The topological polar surface area (TPSA) is 41.5 Å². The van der Waals surface area contributed by atoms with E-state index in [4.69, 9.17) is 4.74 Å². The van der Waals surface area contributed by atoms with Crippen molar-refractivity contribution in [1.82, 2.24) is 5.32 Å². The summed E-state index contributed by atoms with van der Waals surface area (Å²) in [5.41, 5.74) is 3.59. The van der Waals surface area contributed by atoms with Gasteiger partial charge in [0.2, 0.25) is 0 Å². The third-order valence-corrected chi connectivity index (χ3v) is 2.80. The summed E-state index contributed by atoms with van der Waals surface area (Å²) in [7, 11) is 0. The Bertz CT molecular complexity index is 423. The molecule has 0 bridgehead atoms. The van der Waals surface area contributed by atoms with Crippen molar-refractivity contribution in [2.24, 2.45) is 0 Å². The number of aryl methyl sites for hydroxylation is 2. The Morgan fingerprint density at radius 1 is 1.37 bits per heavy atom. The van der Waals surface area contributed by atoms with Gasteiger partial charge in [0.25, 0.3) is 0 Å². The van der Waals surface area contributed by atoms with Crippen LogP contribution in [0.4, 0.5) is 0 Å². The highest BCUT2D eigenvalue weighted by Crippen LogP contribution is 2.18. The second kappa shape index (κ2) is 7.97. The Morgan fingerprint density at radius 3 is 2.74 bits per heavy atom. The third-order valence-electron chi connectivity index (χ3n) is 2.80. The monoisotopic (exact) mass is 263 g/mol. The largest absolute Gasteiger partial charge is 0.491 e. The Morgan fingerprint density at radius 2 is 2.11 bits per heavy atom. The van der Waals surface area contributed by atoms with Gasteiger partial charge in [0, 0.05) is 13.1 Å². The molecule has 1 aromatic carbocycles. The molecule has 3 heteroatoms. The van der Waals surface area contributed by atoms with E-state index in [2.05, 4.69) is 38.2 Å². The second-order valence-electron chi connectivity index (χ2n) is 5.17. The molecule has 19 heavy (non-hydrogen) atoms. The van der Waals surface area contributed by atoms with Crippen LogP contribution in [0.25, 0.3) is 0 Å². The van der Waals surface area contributed by atoms with Gasteiger partial charge >= 0.3 is 0 Å². The van der Waals surface area contributed by atoms with E-state index in [9.17, 15) is 5.11 Å². The average molecular weight is 263 g/mol. The number of aliphatic hydroxyl groups is 1. The van der Waals surface area contributed by atoms with Gasteiger partial charge in [0.05, 0.1) is 0 Å². The van der Waals surface area contributed by atoms with Crippen LogP contribution in [0.1, 0.15) is 25.0 Å². The standard InChI is InChI=1S/C16H25NO2/c1-12(2)7-8-17-10-15(18)11-19-16-6-5-13(3)9-14(16)4/h5-7,9,15,17-18H,8,10-11H2,1-4H3. The molecule has 1 unspecified atom stereocenters. The fourth-order valence-electron chi connectivity index (χ4n) is 1.73. The smallest absolute Gasteiger partial charge is 0.122 e. The quantitative estimate of drug-likeness (QED) is 0.587. The number of benzene rings is 1. The molecule has 0 heterocycles. The lowest BCUT2D eigenvalue weighted by molar-refractivity contribution is 0.107. The molecule has 0 amide bonds. The summed E-state index contributed by atoms with van der Waals surface area (Å²) in [6.07, 6.45) is 1.60. The normalized spacial score (nSPS) is 12.1. The van der Waals surface area contributed by atoms with E-state index in [1.807, 2.05) is 19.1 Å². The fourth-order valence-corrected chi connectivity index (χ4v) is 1.73. The number of ether oxygens (including phenoxy) is 1. The molecule has 1 rings (SSSR count). The van der Waals surface area contributed by atoms with E-state index in [1.165, 1.54) is 11.1 Å². The van der Waals surface area contributed by atoms with Crippen LogP contribution < -0.4 is 10.1 Å². The first kappa shape index (κ1) is 15.7. The number of hydrogen-bond donors (Lipinski definition) is 2. The molecule has 1 atom stereocenters. The minimum absolute atomic E-state index is 0.311. The maximum absolute atomic E-state index is 9.81. The molecule has 0 aliphatic rings. The molecule has 1 aromatic rings.